The first-order valence-electron chi connectivity index (χ1n) is 10.5. The number of methoxy groups -OCH3 is 1. The summed E-state index contributed by atoms with van der Waals surface area (Å²) in [6.45, 7) is 10.6. The lowest BCUT2D eigenvalue weighted by Crippen LogP contribution is -2.35. The molecule has 1 atom stereocenters. The summed E-state index contributed by atoms with van der Waals surface area (Å²) in [4.78, 5) is 2.18. The number of likely N-dealkylation sites (N-methyl/N-ethyl adjacent to an activating group) is 1. The van der Waals surface area contributed by atoms with Crippen LogP contribution in [0.15, 0.2) is 42.5 Å². The highest BCUT2D eigenvalue weighted by Crippen LogP contribution is 2.28. The summed E-state index contributed by atoms with van der Waals surface area (Å²) in [5, 5.41) is 13.7. The highest BCUT2D eigenvalue weighted by molar-refractivity contribution is 5.43. The van der Waals surface area contributed by atoms with Gasteiger partial charge in [0, 0.05) is 13.1 Å². The molecule has 0 aliphatic heterocycles. The number of aryl methyl sites for hydroxylation is 1. The van der Waals surface area contributed by atoms with Crippen molar-refractivity contribution in [1.82, 2.24) is 10.2 Å². The molecule has 160 valence electrons. The van der Waals surface area contributed by atoms with E-state index in [0.29, 0.717) is 18.0 Å². The van der Waals surface area contributed by atoms with E-state index in [9.17, 15) is 5.11 Å². The van der Waals surface area contributed by atoms with Crippen molar-refractivity contribution in [2.24, 2.45) is 0 Å². The van der Waals surface area contributed by atoms with E-state index in [4.69, 9.17) is 9.47 Å². The lowest BCUT2D eigenvalue weighted by atomic mass is 10.1. The highest BCUT2D eigenvalue weighted by Gasteiger charge is 2.12. The molecule has 5 heteroatoms. The van der Waals surface area contributed by atoms with Crippen molar-refractivity contribution in [3.05, 3.63) is 59.2 Å². The third kappa shape index (κ3) is 8.05. The Balaban J connectivity index is 1.84. The van der Waals surface area contributed by atoms with E-state index >= 15 is 0 Å². The predicted octanol–water partition coefficient (Wildman–Crippen LogP) is 3.42. The molecule has 2 N–H and O–H groups in total. The van der Waals surface area contributed by atoms with Gasteiger partial charge in [-0.1, -0.05) is 49.7 Å². The van der Waals surface area contributed by atoms with Gasteiger partial charge in [0.2, 0.25) is 0 Å². The summed E-state index contributed by atoms with van der Waals surface area (Å²) in [6.07, 6.45) is 0.466. The molecule has 2 aromatic rings. The summed E-state index contributed by atoms with van der Waals surface area (Å²) in [5.41, 5.74) is 3.75. The van der Waals surface area contributed by atoms with Crippen molar-refractivity contribution in [2.75, 3.05) is 39.9 Å². The third-order valence-corrected chi connectivity index (χ3v) is 5.06. The van der Waals surface area contributed by atoms with E-state index in [0.717, 1.165) is 38.2 Å². The third-order valence-electron chi connectivity index (χ3n) is 5.06. The zero-order valence-corrected chi connectivity index (χ0v) is 18.3. The number of rotatable bonds is 13. The molecule has 2 rings (SSSR count). The molecule has 2 aromatic carbocycles. The van der Waals surface area contributed by atoms with Gasteiger partial charge in [0.15, 0.2) is 11.5 Å². The number of hydrogen-bond acceptors (Lipinski definition) is 5. The molecule has 0 aliphatic carbocycles. The van der Waals surface area contributed by atoms with Crippen molar-refractivity contribution in [1.29, 1.82) is 0 Å². The van der Waals surface area contributed by atoms with Crippen LogP contribution in [0.2, 0.25) is 0 Å². The van der Waals surface area contributed by atoms with Crippen LogP contribution in [0.25, 0.3) is 0 Å². The predicted molar refractivity (Wildman–Crippen MR) is 119 cm³/mol. The maximum absolute atomic E-state index is 10.3. The van der Waals surface area contributed by atoms with Gasteiger partial charge in [-0.05, 0) is 56.2 Å². The Bertz CT molecular complexity index is 715. The number of benzene rings is 2. The molecule has 0 spiro atoms. The van der Waals surface area contributed by atoms with Crippen LogP contribution in [-0.2, 0) is 13.0 Å². The second kappa shape index (κ2) is 12.5. The van der Waals surface area contributed by atoms with E-state index in [-0.39, 0.29) is 6.61 Å². The Hall–Kier alpha value is -2.08. The Morgan fingerprint density at radius 3 is 2.34 bits per heavy atom. The van der Waals surface area contributed by atoms with Gasteiger partial charge in [-0.15, -0.1) is 0 Å². The molecule has 0 aromatic heterocycles. The fraction of sp³-hybridized carbons (Fsp3) is 0.500. The molecule has 5 nitrogen and oxygen atoms in total. The van der Waals surface area contributed by atoms with Crippen molar-refractivity contribution in [2.45, 2.75) is 39.8 Å². The quantitative estimate of drug-likeness (QED) is 0.505. The first kappa shape index (κ1) is 23.2. The molecule has 1 unspecified atom stereocenters. The first-order chi connectivity index (χ1) is 14.0. The summed E-state index contributed by atoms with van der Waals surface area (Å²) in [5.74, 6) is 1.35. The lowest BCUT2D eigenvalue weighted by Gasteiger charge is -2.22. The number of hydrogen-bond donors (Lipinski definition) is 2. The summed E-state index contributed by atoms with van der Waals surface area (Å²) in [6, 6.07) is 14.6. The van der Waals surface area contributed by atoms with Crippen LogP contribution >= 0.6 is 0 Å². The smallest absolute Gasteiger partial charge is 0.161 e. The molecule has 0 aliphatic rings. The van der Waals surface area contributed by atoms with Crippen molar-refractivity contribution < 1.29 is 14.6 Å². The Labute approximate surface area is 175 Å². The average molecular weight is 401 g/mol. The Kier molecular flexibility index (Phi) is 9.98. The average Bonchev–Trinajstić information content (AvgIpc) is 2.74. The maximum atomic E-state index is 10.3. The molecule has 0 saturated heterocycles. The van der Waals surface area contributed by atoms with Crippen LogP contribution in [0.3, 0.4) is 0 Å². The normalized spacial score (nSPS) is 12.2. The summed E-state index contributed by atoms with van der Waals surface area (Å²) < 4.78 is 11.3. The number of aliphatic hydroxyl groups excluding tert-OH is 1. The lowest BCUT2D eigenvalue weighted by molar-refractivity contribution is 0.0705. The van der Waals surface area contributed by atoms with Crippen molar-refractivity contribution in [3.8, 4) is 11.5 Å². The molecule has 0 fully saturated rings. The van der Waals surface area contributed by atoms with Crippen molar-refractivity contribution >= 4 is 0 Å². The summed E-state index contributed by atoms with van der Waals surface area (Å²) in [7, 11) is 1.63. The molecular formula is C24H36N2O3. The molecule has 0 heterocycles. The van der Waals surface area contributed by atoms with Crippen LogP contribution in [0.5, 0.6) is 11.5 Å². The SMILES string of the molecule is CCN(CC)CC(O)COc1cc(CNCCc2ccc(C)cc2)ccc1OC. The minimum Gasteiger partial charge on any atom is -0.493 e. The molecule has 0 radical (unpaired) electrons. The van der Waals surface area contributed by atoms with Crippen LogP contribution in [-0.4, -0.2) is 56.0 Å². The van der Waals surface area contributed by atoms with Gasteiger partial charge in [0.25, 0.3) is 0 Å². The molecular weight excluding hydrogens is 364 g/mol. The summed E-state index contributed by atoms with van der Waals surface area (Å²) >= 11 is 0. The van der Waals surface area contributed by atoms with E-state index in [1.165, 1.54) is 11.1 Å². The van der Waals surface area contributed by atoms with Gasteiger partial charge in [-0.3, -0.25) is 0 Å². The van der Waals surface area contributed by atoms with Gasteiger partial charge in [-0.2, -0.15) is 0 Å². The van der Waals surface area contributed by atoms with E-state index < -0.39 is 6.10 Å². The second-order valence-electron chi connectivity index (χ2n) is 7.35. The second-order valence-corrected chi connectivity index (χ2v) is 7.35. The monoisotopic (exact) mass is 400 g/mol. The largest absolute Gasteiger partial charge is 0.493 e. The van der Waals surface area contributed by atoms with Gasteiger partial charge >= 0.3 is 0 Å². The zero-order valence-electron chi connectivity index (χ0n) is 18.3. The van der Waals surface area contributed by atoms with Crippen LogP contribution in [0.4, 0.5) is 0 Å². The van der Waals surface area contributed by atoms with Gasteiger partial charge < -0.3 is 24.8 Å². The van der Waals surface area contributed by atoms with Crippen LogP contribution in [0.1, 0.15) is 30.5 Å². The Morgan fingerprint density at radius 2 is 1.69 bits per heavy atom. The minimum atomic E-state index is -0.532. The van der Waals surface area contributed by atoms with Crippen LogP contribution < -0.4 is 14.8 Å². The number of aliphatic hydroxyl groups is 1. The fourth-order valence-electron chi connectivity index (χ4n) is 3.18. The van der Waals surface area contributed by atoms with E-state index in [1.54, 1.807) is 7.11 Å². The fourth-order valence-corrected chi connectivity index (χ4v) is 3.18. The number of nitrogens with zero attached hydrogens (tertiary/aromatic N) is 1. The minimum absolute atomic E-state index is 0.247. The molecule has 0 bridgehead atoms. The number of ether oxygens (including phenoxy) is 2. The molecule has 0 saturated carbocycles. The molecule has 29 heavy (non-hydrogen) atoms. The molecule has 0 amide bonds. The topological polar surface area (TPSA) is 54.0 Å². The van der Waals surface area contributed by atoms with E-state index in [1.807, 2.05) is 18.2 Å². The van der Waals surface area contributed by atoms with Crippen molar-refractivity contribution in [3.63, 3.8) is 0 Å². The Morgan fingerprint density at radius 1 is 1.00 bits per heavy atom. The highest BCUT2D eigenvalue weighted by atomic mass is 16.5. The van der Waals surface area contributed by atoms with Gasteiger partial charge in [0.05, 0.1) is 7.11 Å². The standard InChI is InChI=1S/C24H36N2O3/c1-5-26(6-2)17-22(27)18-29-24-15-21(11-12-23(24)28-4)16-25-14-13-20-9-7-19(3)8-10-20/h7-12,15,22,25,27H,5-6,13-14,16-18H2,1-4H3. The van der Waals surface area contributed by atoms with Gasteiger partial charge in [-0.25, -0.2) is 0 Å². The number of nitrogens with one attached hydrogen (secondary N) is 1. The maximum Gasteiger partial charge on any atom is 0.161 e. The first-order valence-corrected chi connectivity index (χ1v) is 10.5. The zero-order chi connectivity index (χ0) is 21.1. The van der Waals surface area contributed by atoms with Gasteiger partial charge in [0.1, 0.15) is 12.7 Å². The van der Waals surface area contributed by atoms with E-state index in [2.05, 4.69) is 55.3 Å². The van der Waals surface area contributed by atoms with Crippen LogP contribution in [0, 0.1) is 6.92 Å².